The molecule has 0 bridgehead atoms. The molecule has 1 amide bonds. The standard InChI is InChI=1S/C15H13ClN2O3S/c16-8-5-6-9(14(20)21)10(7-8)13(19)18-15-17-11-3-1-2-4-12(11)22-15/h1-5,9-10H,6-7H2,(H,20,21)(H,17,18,19)/p-1/t9-,10+/m0/s1. The number of carbonyl (C=O) groups is 2. The maximum atomic E-state index is 12.4. The second-order valence-corrected chi connectivity index (χ2v) is 6.61. The first-order valence-electron chi connectivity index (χ1n) is 6.76. The third kappa shape index (κ3) is 2.98. The van der Waals surface area contributed by atoms with Crippen LogP contribution in [-0.2, 0) is 9.59 Å². The minimum absolute atomic E-state index is 0.205. The van der Waals surface area contributed by atoms with Gasteiger partial charge in [-0.15, -0.1) is 0 Å². The molecule has 1 heterocycles. The SMILES string of the molecule is O=C([O-])[C@H]1CC=C(Cl)C[C@H]1C(=O)Nc1nc2ccccc2s1. The number of carbonyl (C=O) groups excluding carboxylic acids is 2. The number of hydrogen-bond acceptors (Lipinski definition) is 5. The topological polar surface area (TPSA) is 82.1 Å². The fourth-order valence-electron chi connectivity index (χ4n) is 2.51. The molecule has 1 aromatic heterocycles. The van der Waals surface area contributed by atoms with Gasteiger partial charge in [0.25, 0.3) is 0 Å². The molecule has 7 heteroatoms. The van der Waals surface area contributed by atoms with E-state index in [1.54, 1.807) is 6.08 Å². The second-order valence-electron chi connectivity index (χ2n) is 5.10. The quantitative estimate of drug-likeness (QED) is 0.931. The number of anilines is 1. The first-order valence-corrected chi connectivity index (χ1v) is 7.96. The minimum Gasteiger partial charge on any atom is -0.550 e. The third-order valence-corrected chi connectivity index (χ3v) is 4.92. The first-order chi connectivity index (χ1) is 10.5. The highest BCUT2D eigenvalue weighted by molar-refractivity contribution is 7.22. The van der Waals surface area contributed by atoms with E-state index in [0.29, 0.717) is 10.2 Å². The summed E-state index contributed by atoms with van der Waals surface area (Å²) in [7, 11) is 0. The van der Waals surface area contributed by atoms with Crippen molar-refractivity contribution < 1.29 is 14.7 Å². The van der Waals surface area contributed by atoms with Gasteiger partial charge in [-0.2, -0.15) is 0 Å². The Hall–Kier alpha value is -1.92. The number of aliphatic carboxylic acids is 1. The van der Waals surface area contributed by atoms with Crippen LogP contribution < -0.4 is 10.4 Å². The van der Waals surface area contributed by atoms with Gasteiger partial charge in [0.05, 0.1) is 16.1 Å². The monoisotopic (exact) mass is 335 g/mol. The van der Waals surface area contributed by atoms with E-state index in [0.717, 1.165) is 10.2 Å². The summed E-state index contributed by atoms with van der Waals surface area (Å²) in [5, 5.41) is 14.8. The largest absolute Gasteiger partial charge is 0.550 e. The zero-order valence-corrected chi connectivity index (χ0v) is 13.0. The van der Waals surface area contributed by atoms with Gasteiger partial charge in [0, 0.05) is 16.9 Å². The number of halogens is 1. The van der Waals surface area contributed by atoms with E-state index in [-0.39, 0.29) is 18.7 Å². The Labute approximate surface area is 135 Å². The highest BCUT2D eigenvalue weighted by atomic mass is 35.5. The molecule has 0 unspecified atom stereocenters. The summed E-state index contributed by atoms with van der Waals surface area (Å²) in [6.07, 6.45) is 2.04. The lowest BCUT2D eigenvalue weighted by Crippen LogP contribution is -2.42. The number of fused-ring (bicyclic) bond motifs is 1. The van der Waals surface area contributed by atoms with Gasteiger partial charge in [0.2, 0.25) is 5.91 Å². The van der Waals surface area contributed by atoms with Crippen LogP contribution in [0.1, 0.15) is 12.8 Å². The summed E-state index contributed by atoms with van der Waals surface area (Å²) >= 11 is 7.29. The van der Waals surface area contributed by atoms with Crippen molar-refractivity contribution >= 4 is 50.2 Å². The van der Waals surface area contributed by atoms with Crippen molar-refractivity contribution in [2.75, 3.05) is 5.32 Å². The molecule has 1 N–H and O–H groups in total. The summed E-state index contributed by atoms with van der Waals surface area (Å²) in [4.78, 5) is 27.9. The van der Waals surface area contributed by atoms with Crippen LogP contribution in [0.3, 0.4) is 0 Å². The molecule has 22 heavy (non-hydrogen) atoms. The number of amides is 1. The number of thiazole rings is 1. The van der Waals surface area contributed by atoms with E-state index in [1.807, 2.05) is 24.3 Å². The lowest BCUT2D eigenvalue weighted by Gasteiger charge is -2.29. The Morgan fingerprint density at radius 1 is 1.32 bits per heavy atom. The van der Waals surface area contributed by atoms with E-state index >= 15 is 0 Å². The minimum atomic E-state index is -1.23. The number of para-hydroxylation sites is 1. The third-order valence-electron chi connectivity index (χ3n) is 3.66. The molecule has 2 atom stereocenters. The van der Waals surface area contributed by atoms with Crippen LogP contribution in [0.25, 0.3) is 10.2 Å². The summed E-state index contributed by atoms with van der Waals surface area (Å²) in [6.45, 7) is 0. The van der Waals surface area contributed by atoms with Crippen LogP contribution in [-0.4, -0.2) is 16.9 Å². The van der Waals surface area contributed by atoms with Crippen LogP contribution in [0.2, 0.25) is 0 Å². The average molecular weight is 336 g/mol. The lowest BCUT2D eigenvalue weighted by molar-refractivity contribution is -0.313. The zero-order chi connectivity index (χ0) is 15.7. The molecule has 5 nitrogen and oxygen atoms in total. The normalized spacial score (nSPS) is 21.4. The molecule has 0 aliphatic heterocycles. The molecular formula is C15H12ClN2O3S-. The number of allylic oxidation sites excluding steroid dienone is 2. The number of hydrogen-bond donors (Lipinski definition) is 1. The van der Waals surface area contributed by atoms with Crippen LogP contribution in [0.5, 0.6) is 0 Å². The van der Waals surface area contributed by atoms with Gasteiger partial charge in [0.15, 0.2) is 5.13 Å². The smallest absolute Gasteiger partial charge is 0.230 e. The molecule has 1 aliphatic rings. The molecular weight excluding hydrogens is 324 g/mol. The predicted molar refractivity (Wildman–Crippen MR) is 83.4 cm³/mol. The fraction of sp³-hybridized carbons (Fsp3) is 0.267. The van der Waals surface area contributed by atoms with Gasteiger partial charge >= 0.3 is 0 Å². The van der Waals surface area contributed by atoms with Gasteiger partial charge in [0.1, 0.15) is 0 Å². The van der Waals surface area contributed by atoms with Crippen LogP contribution in [0.4, 0.5) is 5.13 Å². The van der Waals surface area contributed by atoms with E-state index in [4.69, 9.17) is 11.6 Å². The maximum Gasteiger partial charge on any atom is 0.230 e. The number of nitrogens with zero attached hydrogens (tertiary/aromatic N) is 1. The van der Waals surface area contributed by atoms with Crippen LogP contribution in [0, 0.1) is 11.8 Å². The Kier molecular flexibility index (Phi) is 4.13. The van der Waals surface area contributed by atoms with Gasteiger partial charge in [-0.3, -0.25) is 4.79 Å². The molecule has 3 rings (SSSR count). The Morgan fingerprint density at radius 3 is 2.82 bits per heavy atom. The number of benzene rings is 1. The average Bonchev–Trinajstić information content (AvgIpc) is 2.88. The van der Waals surface area contributed by atoms with Gasteiger partial charge in [-0.05, 0) is 25.0 Å². The summed E-state index contributed by atoms with van der Waals surface area (Å²) in [6, 6.07) is 7.52. The summed E-state index contributed by atoms with van der Waals surface area (Å²) in [5.74, 6) is -3.23. The molecule has 1 aromatic carbocycles. The molecule has 0 saturated carbocycles. The Morgan fingerprint density at radius 2 is 2.09 bits per heavy atom. The number of carboxylic acids is 1. The van der Waals surface area contributed by atoms with Gasteiger partial charge < -0.3 is 15.2 Å². The molecule has 0 spiro atoms. The Balaban J connectivity index is 1.80. The van der Waals surface area contributed by atoms with Gasteiger partial charge in [-0.1, -0.05) is 41.1 Å². The summed E-state index contributed by atoms with van der Waals surface area (Å²) < 4.78 is 0.954. The Bertz CT molecular complexity index is 738. The van der Waals surface area contributed by atoms with Crippen molar-refractivity contribution in [3.63, 3.8) is 0 Å². The molecule has 0 saturated heterocycles. The van der Waals surface area contributed by atoms with E-state index < -0.39 is 17.8 Å². The summed E-state index contributed by atoms with van der Waals surface area (Å²) in [5.41, 5.74) is 0.792. The van der Waals surface area contributed by atoms with Crippen molar-refractivity contribution in [1.82, 2.24) is 4.98 Å². The van der Waals surface area contributed by atoms with Crippen molar-refractivity contribution in [2.45, 2.75) is 12.8 Å². The zero-order valence-electron chi connectivity index (χ0n) is 11.4. The highest BCUT2D eigenvalue weighted by Crippen LogP contribution is 2.33. The van der Waals surface area contributed by atoms with Gasteiger partial charge in [-0.25, -0.2) is 4.98 Å². The van der Waals surface area contributed by atoms with Crippen molar-refractivity contribution in [2.24, 2.45) is 11.8 Å². The van der Waals surface area contributed by atoms with Crippen molar-refractivity contribution in [3.8, 4) is 0 Å². The lowest BCUT2D eigenvalue weighted by atomic mass is 9.82. The molecule has 114 valence electrons. The second kappa shape index (κ2) is 6.06. The number of nitrogens with one attached hydrogen (secondary N) is 1. The van der Waals surface area contributed by atoms with E-state index in [9.17, 15) is 14.7 Å². The highest BCUT2D eigenvalue weighted by Gasteiger charge is 2.32. The maximum absolute atomic E-state index is 12.4. The van der Waals surface area contributed by atoms with E-state index in [2.05, 4.69) is 10.3 Å². The molecule has 0 fully saturated rings. The molecule has 1 aliphatic carbocycles. The first kappa shape index (κ1) is 15.0. The van der Waals surface area contributed by atoms with Crippen LogP contribution in [0.15, 0.2) is 35.4 Å². The fourth-order valence-corrected chi connectivity index (χ4v) is 3.64. The van der Waals surface area contributed by atoms with Crippen molar-refractivity contribution in [3.05, 3.63) is 35.4 Å². The number of rotatable bonds is 3. The predicted octanol–water partition coefficient (Wildman–Crippen LogP) is 2.13. The van der Waals surface area contributed by atoms with Crippen molar-refractivity contribution in [1.29, 1.82) is 0 Å². The number of aromatic nitrogens is 1. The molecule has 2 aromatic rings. The number of carboxylic acid groups (broad SMARTS) is 1. The van der Waals surface area contributed by atoms with Crippen LogP contribution >= 0.6 is 22.9 Å². The molecule has 0 radical (unpaired) electrons. The van der Waals surface area contributed by atoms with E-state index in [1.165, 1.54) is 11.3 Å².